The van der Waals surface area contributed by atoms with Gasteiger partial charge in [0, 0.05) is 23.7 Å². The molecule has 2 aromatic rings. The molecule has 24 heavy (non-hydrogen) atoms. The molecule has 2 N–H and O–H groups in total. The number of aryl methyl sites for hydroxylation is 2. The standard InChI is InChI=1S/C17H23ClN4O.HI/c1-4-19-17(21-11-14-7-5-6-8-16(14)18)20-10-9-15-12(2)22-23-13(15)3;/h5-8H,4,9-11H2,1-3H3,(H2,19,20,21);1H. The number of benzene rings is 1. The Bertz CT molecular complexity index is 653. The van der Waals surface area contributed by atoms with Crippen molar-refractivity contribution in [1.29, 1.82) is 0 Å². The van der Waals surface area contributed by atoms with Crippen LogP contribution >= 0.6 is 35.6 Å². The number of guanidine groups is 1. The van der Waals surface area contributed by atoms with Gasteiger partial charge >= 0.3 is 0 Å². The van der Waals surface area contributed by atoms with E-state index in [1.165, 1.54) is 0 Å². The average Bonchev–Trinajstić information content (AvgIpc) is 2.85. The summed E-state index contributed by atoms with van der Waals surface area (Å²) >= 11 is 6.16. The van der Waals surface area contributed by atoms with Gasteiger partial charge in [0.2, 0.25) is 0 Å². The van der Waals surface area contributed by atoms with Crippen LogP contribution in [0.3, 0.4) is 0 Å². The molecular weight excluding hydrogens is 439 g/mol. The largest absolute Gasteiger partial charge is 0.361 e. The van der Waals surface area contributed by atoms with Crippen LogP contribution in [0.1, 0.15) is 29.5 Å². The lowest BCUT2D eigenvalue weighted by Crippen LogP contribution is -2.38. The molecule has 0 amide bonds. The second-order valence-electron chi connectivity index (χ2n) is 5.27. The van der Waals surface area contributed by atoms with Crippen molar-refractivity contribution in [2.75, 3.05) is 13.1 Å². The molecule has 5 nitrogen and oxygen atoms in total. The number of hydrogen-bond acceptors (Lipinski definition) is 3. The Labute approximate surface area is 165 Å². The van der Waals surface area contributed by atoms with Crippen molar-refractivity contribution < 1.29 is 4.52 Å². The van der Waals surface area contributed by atoms with Crippen LogP contribution in [0.4, 0.5) is 0 Å². The molecule has 0 aliphatic carbocycles. The number of nitrogens with one attached hydrogen (secondary N) is 2. The Morgan fingerprint density at radius 2 is 2.00 bits per heavy atom. The van der Waals surface area contributed by atoms with Crippen molar-refractivity contribution in [1.82, 2.24) is 15.8 Å². The van der Waals surface area contributed by atoms with Crippen molar-refractivity contribution in [2.45, 2.75) is 33.7 Å². The molecular formula is C17H24ClIN4O. The van der Waals surface area contributed by atoms with Crippen LogP contribution in [-0.2, 0) is 13.0 Å². The summed E-state index contributed by atoms with van der Waals surface area (Å²) in [7, 11) is 0. The van der Waals surface area contributed by atoms with Gasteiger partial charge in [-0.25, -0.2) is 4.99 Å². The van der Waals surface area contributed by atoms with E-state index in [9.17, 15) is 0 Å². The zero-order valence-corrected chi connectivity index (χ0v) is 17.3. The summed E-state index contributed by atoms with van der Waals surface area (Å²) in [4.78, 5) is 4.58. The highest BCUT2D eigenvalue weighted by Crippen LogP contribution is 2.15. The van der Waals surface area contributed by atoms with E-state index < -0.39 is 0 Å². The fraction of sp³-hybridized carbons (Fsp3) is 0.412. The van der Waals surface area contributed by atoms with Crippen molar-refractivity contribution >= 4 is 41.5 Å². The predicted octanol–water partition coefficient (Wildman–Crippen LogP) is 3.86. The lowest BCUT2D eigenvalue weighted by Gasteiger charge is -2.11. The van der Waals surface area contributed by atoms with Crippen molar-refractivity contribution in [3.05, 3.63) is 51.9 Å². The molecule has 132 valence electrons. The summed E-state index contributed by atoms with van der Waals surface area (Å²) in [6.45, 7) is 8.05. The van der Waals surface area contributed by atoms with E-state index in [4.69, 9.17) is 16.1 Å². The van der Waals surface area contributed by atoms with Gasteiger partial charge in [0.25, 0.3) is 0 Å². The fourth-order valence-corrected chi connectivity index (χ4v) is 2.49. The molecule has 0 fully saturated rings. The molecule has 0 bridgehead atoms. The minimum Gasteiger partial charge on any atom is -0.361 e. The maximum atomic E-state index is 6.16. The SMILES string of the molecule is CCNC(=NCc1ccccc1Cl)NCCc1c(C)noc1C.I. The molecule has 0 aliphatic heterocycles. The van der Waals surface area contributed by atoms with Gasteiger partial charge in [-0.15, -0.1) is 24.0 Å². The van der Waals surface area contributed by atoms with E-state index in [-0.39, 0.29) is 24.0 Å². The molecule has 0 saturated carbocycles. The van der Waals surface area contributed by atoms with Gasteiger partial charge in [-0.1, -0.05) is 35.0 Å². The van der Waals surface area contributed by atoms with Crippen molar-refractivity contribution in [3.8, 4) is 0 Å². The lowest BCUT2D eigenvalue weighted by atomic mass is 10.1. The highest BCUT2D eigenvalue weighted by Gasteiger charge is 2.08. The first-order chi connectivity index (χ1) is 11.1. The minimum atomic E-state index is 0. The van der Waals surface area contributed by atoms with Crippen LogP contribution in [0.25, 0.3) is 0 Å². The highest BCUT2D eigenvalue weighted by atomic mass is 127. The first kappa shape index (κ1) is 20.8. The molecule has 0 radical (unpaired) electrons. The Hall–Kier alpha value is -1.28. The maximum Gasteiger partial charge on any atom is 0.191 e. The predicted molar refractivity (Wildman–Crippen MR) is 109 cm³/mol. The van der Waals surface area contributed by atoms with Crippen molar-refractivity contribution in [2.24, 2.45) is 4.99 Å². The average molecular weight is 463 g/mol. The van der Waals surface area contributed by atoms with Crippen LogP contribution in [0.5, 0.6) is 0 Å². The van der Waals surface area contributed by atoms with Gasteiger partial charge in [-0.3, -0.25) is 0 Å². The van der Waals surface area contributed by atoms with Gasteiger partial charge in [-0.05, 0) is 38.8 Å². The molecule has 0 spiro atoms. The zero-order chi connectivity index (χ0) is 16.7. The number of hydrogen-bond donors (Lipinski definition) is 2. The normalized spacial score (nSPS) is 11.1. The number of aliphatic imine (C=N–C) groups is 1. The summed E-state index contributed by atoms with van der Waals surface area (Å²) in [6.07, 6.45) is 0.845. The molecule has 0 atom stereocenters. The van der Waals surface area contributed by atoms with Crippen LogP contribution in [0.15, 0.2) is 33.8 Å². The van der Waals surface area contributed by atoms with Gasteiger partial charge in [0.05, 0.1) is 12.2 Å². The van der Waals surface area contributed by atoms with Gasteiger partial charge in [-0.2, -0.15) is 0 Å². The van der Waals surface area contributed by atoms with E-state index in [1.807, 2.05) is 45.0 Å². The molecule has 0 aliphatic rings. The van der Waals surface area contributed by atoms with E-state index in [0.29, 0.717) is 6.54 Å². The third kappa shape index (κ3) is 5.98. The van der Waals surface area contributed by atoms with Gasteiger partial charge in [0.1, 0.15) is 5.76 Å². The van der Waals surface area contributed by atoms with E-state index >= 15 is 0 Å². The smallest absolute Gasteiger partial charge is 0.191 e. The minimum absolute atomic E-state index is 0. The third-order valence-electron chi connectivity index (χ3n) is 3.56. The van der Waals surface area contributed by atoms with E-state index in [1.54, 1.807) is 0 Å². The second-order valence-corrected chi connectivity index (χ2v) is 5.67. The monoisotopic (exact) mass is 462 g/mol. The number of rotatable bonds is 6. The number of nitrogens with zero attached hydrogens (tertiary/aromatic N) is 2. The Balaban J connectivity index is 0.00000288. The highest BCUT2D eigenvalue weighted by molar-refractivity contribution is 14.0. The van der Waals surface area contributed by atoms with Crippen molar-refractivity contribution in [3.63, 3.8) is 0 Å². The Kier molecular flexibility index (Phi) is 9.13. The molecule has 7 heteroatoms. The summed E-state index contributed by atoms with van der Waals surface area (Å²) in [5.41, 5.74) is 3.11. The molecule has 0 saturated heterocycles. The molecule has 0 unspecified atom stereocenters. The first-order valence-electron chi connectivity index (χ1n) is 7.79. The zero-order valence-electron chi connectivity index (χ0n) is 14.2. The molecule has 1 heterocycles. The Morgan fingerprint density at radius 1 is 1.25 bits per heavy atom. The van der Waals surface area contributed by atoms with Gasteiger partial charge in [0.15, 0.2) is 5.96 Å². The first-order valence-corrected chi connectivity index (χ1v) is 8.17. The second kappa shape index (κ2) is 10.6. The third-order valence-corrected chi connectivity index (χ3v) is 3.93. The van der Waals surface area contributed by atoms with Crippen LogP contribution in [-0.4, -0.2) is 24.2 Å². The van der Waals surface area contributed by atoms with Crippen LogP contribution in [0, 0.1) is 13.8 Å². The van der Waals surface area contributed by atoms with E-state index in [2.05, 4.69) is 20.8 Å². The van der Waals surface area contributed by atoms with Crippen LogP contribution < -0.4 is 10.6 Å². The maximum absolute atomic E-state index is 6.16. The quantitative estimate of drug-likeness (QED) is 0.389. The summed E-state index contributed by atoms with van der Waals surface area (Å²) in [6, 6.07) is 7.75. The topological polar surface area (TPSA) is 62.5 Å². The summed E-state index contributed by atoms with van der Waals surface area (Å²) < 4.78 is 5.18. The summed E-state index contributed by atoms with van der Waals surface area (Å²) in [5.74, 6) is 1.65. The number of halogens is 2. The molecule has 1 aromatic heterocycles. The molecule has 2 rings (SSSR count). The fourth-order valence-electron chi connectivity index (χ4n) is 2.30. The summed E-state index contributed by atoms with van der Waals surface area (Å²) in [5, 5.41) is 11.3. The van der Waals surface area contributed by atoms with Gasteiger partial charge < -0.3 is 15.2 Å². The Morgan fingerprint density at radius 3 is 2.62 bits per heavy atom. The number of aromatic nitrogens is 1. The van der Waals surface area contributed by atoms with E-state index in [0.717, 1.165) is 53.1 Å². The van der Waals surface area contributed by atoms with Crippen LogP contribution in [0.2, 0.25) is 5.02 Å². The lowest BCUT2D eigenvalue weighted by molar-refractivity contribution is 0.392. The molecule has 1 aromatic carbocycles.